The fraction of sp³-hybridized carbons (Fsp3) is 0.769. The van der Waals surface area contributed by atoms with Crippen molar-refractivity contribution in [3.05, 3.63) is 15.6 Å². The average Bonchev–Trinajstić information content (AvgIpc) is 2.78. The minimum absolute atomic E-state index is 0.463. The second kappa shape index (κ2) is 6.76. The van der Waals surface area contributed by atoms with Gasteiger partial charge in [0.05, 0.1) is 11.7 Å². The third-order valence-electron chi connectivity index (χ3n) is 3.26. The Kier molecular flexibility index (Phi) is 5.32. The van der Waals surface area contributed by atoms with Gasteiger partial charge in [-0.25, -0.2) is 4.98 Å². The predicted octanol–water partition coefficient (Wildman–Crippen LogP) is 3.43. The number of aryl methyl sites for hydroxylation is 2. The summed E-state index contributed by atoms with van der Waals surface area (Å²) in [7, 11) is 2.06. The smallest absolute Gasteiger partial charge is 0.110 e. The first-order valence-electron chi connectivity index (χ1n) is 6.58. The van der Waals surface area contributed by atoms with Crippen molar-refractivity contribution in [3.8, 4) is 0 Å². The molecule has 0 radical (unpaired) electrons. The van der Waals surface area contributed by atoms with Crippen molar-refractivity contribution in [1.29, 1.82) is 0 Å². The van der Waals surface area contributed by atoms with Gasteiger partial charge in [-0.05, 0) is 50.7 Å². The van der Waals surface area contributed by atoms with E-state index in [-0.39, 0.29) is 0 Å². The van der Waals surface area contributed by atoms with Crippen molar-refractivity contribution in [2.45, 2.75) is 45.1 Å². The first kappa shape index (κ1) is 13.4. The van der Waals surface area contributed by atoms with Gasteiger partial charge in [-0.3, -0.25) is 0 Å². The Balaban J connectivity index is 2.00. The summed E-state index contributed by atoms with van der Waals surface area (Å²) in [6, 6.07) is 0.463. The summed E-state index contributed by atoms with van der Waals surface area (Å²) >= 11 is 3.96. The molecule has 2 rings (SSSR count). The molecular formula is C13H22N2S2. The summed E-state index contributed by atoms with van der Waals surface area (Å²) < 4.78 is 0. The van der Waals surface area contributed by atoms with Crippen LogP contribution in [-0.2, 0) is 12.8 Å². The van der Waals surface area contributed by atoms with Crippen molar-refractivity contribution in [2.75, 3.05) is 18.6 Å². The van der Waals surface area contributed by atoms with Gasteiger partial charge in [-0.15, -0.1) is 11.3 Å². The van der Waals surface area contributed by atoms with E-state index in [1.54, 1.807) is 4.88 Å². The molecule has 1 unspecified atom stereocenters. The zero-order chi connectivity index (χ0) is 12.1. The van der Waals surface area contributed by atoms with Gasteiger partial charge in [0.25, 0.3) is 0 Å². The van der Waals surface area contributed by atoms with E-state index in [1.165, 1.54) is 54.3 Å². The molecule has 1 aromatic rings. The molecule has 0 aromatic carbocycles. The molecule has 17 heavy (non-hydrogen) atoms. The van der Waals surface area contributed by atoms with Gasteiger partial charge >= 0.3 is 0 Å². The molecule has 1 atom stereocenters. The molecule has 1 aromatic heterocycles. The van der Waals surface area contributed by atoms with Gasteiger partial charge in [-0.2, -0.15) is 11.8 Å². The molecule has 96 valence electrons. The number of fused-ring (bicyclic) bond motifs is 1. The normalized spacial score (nSPS) is 16.8. The number of aromatic nitrogens is 1. The highest BCUT2D eigenvalue weighted by molar-refractivity contribution is 7.99. The Morgan fingerprint density at radius 3 is 2.94 bits per heavy atom. The van der Waals surface area contributed by atoms with Crippen molar-refractivity contribution in [3.63, 3.8) is 0 Å². The second-order valence-corrected chi connectivity index (χ2v) is 6.96. The van der Waals surface area contributed by atoms with E-state index in [4.69, 9.17) is 4.98 Å². The summed E-state index contributed by atoms with van der Waals surface area (Å²) in [5.74, 6) is 2.44. The van der Waals surface area contributed by atoms with Gasteiger partial charge < -0.3 is 5.32 Å². The van der Waals surface area contributed by atoms with E-state index < -0.39 is 0 Å². The van der Waals surface area contributed by atoms with E-state index >= 15 is 0 Å². The number of hydrogen-bond acceptors (Lipinski definition) is 4. The lowest BCUT2D eigenvalue weighted by molar-refractivity contribution is 0.574. The van der Waals surface area contributed by atoms with Crippen LogP contribution in [0.5, 0.6) is 0 Å². The Morgan fingerprint density at radius 2 is 2.24 bits per heavy atom. The van der Waals surface area contributed by atoms with E-state index in [0.717, 1.165) is 0 Å². The van der Waals surface area contributed by atoms with Gasteiger partial charge in [0.2, 0.25) is 0 Å². The summed E-state index contributed by atoms with van der Waals surface area (Å²) in [6.07, 6.45) is 6.33. The maximum atomic E-state index is 4.85. The van der Waals surface area contributed by atoms with Crippen molar-refractivity contribution >= 4 is 23.1 Å². The molecule has 1 heterocycles. The molecule has 0 spiro atoms. The molecule has 4 heteroatoms. The highest BCUT2D eigenvalue weighted by atomic mass is 32.2. The van der Waals surface area contributed by atoms with E-state index in [1.807, 2.05) is 23.1 Å². The zero-order valence-electron chi connectivity index (χ0n) is 10.8. The van der Waals surface area contributed by atoms with Crippen LogP contribution in [0.1, 0.15) is 47.8 Å². The molecule has 2 nitrogen and oxygen atoms in total. The average molecular weight is 270 g/mol. The molecule has 0 bridgehead atoms. The fourth-order valence-corrected chi connectivity index (χ4v) is 4.25. The number of nitrogens with one attached hydrogen (secondary N) is 1. The molecule has 0 aliphatic heterocycles. The van der Waals surface area contributed by atoms with Crippen LogP contribution < -0.4 is 5.32 Å². The Hall–Kier alpha value is -0.0600. The van der Waals surface area contributed by atoms with Crippen LogP contribution in [0.2, 0.25) is 0 Å². The van der Waals surface area contributed by atoms with Gasteiger partial charge in [-0.1, -0.05) is 6.92 Å². The SMILES string of the molecule is CCSCCC(NC)c1nc2c(s1)CCCC2. The van der Waals surface area contributed by atoms with Gasteiger partial charge in [0, 0.05) is 4.88 Å². The lowest BCUT2D eigenvalue weighted by atomic mass is 10.0. The number of hydrogen-bond donors (Lipinski definition) is 1. The summed E-state index contributed by atoms with van der Waals surface area (Å²) in [5.41, 5.74) is 1.39. The van der Waals surface area contributed by atoms with Crippen LogP contribution in [0.3, 0.4) is 0 Å². The van der Waals surface area contributed by atoms with Crippen LogP contribution in [0.15, 0.2) is 0 Å². The van der Waals surface area contributed by atoms with Crippen molar-refractivity contribution < 1.29 is 0 Å². The van der Waals surface area contributed by atoms with Crippen LogP contribution in [-0.4, -0.2) is 23.5 Å². The Morgan fingerprint density at radius 1 is 1.41 bits per heavy atom. The molecular weight excluding hydrogens is 248 g/mol. The number of thioether (sulfide) groups is 1. The molecule has 0 fully saturated rings. The molecule has 1 N–H and O–H groups in total. The lowest BCUT2D eigenvalue weighted by Gasteiger charge is -2.12. The summed E-state index contributed by atoms with van der Waals surface area (Å²) in [5, 5.41) is 4.74. The van der Waals surface area contributed by atoms with E-state index in [0.29, 0.717) is 6.04 Å². The number of nitrogens with zero attached hydrogens (tertiary/aromatic N) is 1. The van der Waals surface area contributed by atoms with Crippen molar-refractivity contribution in [1.82, 2.24) is 10.3 Å². The first-order valence-corrected chi connectivity index (χ1v) is 8.55. The largest absolute Gasteiger partial charge is 0.311 e. The van der Waals surface area contributed by atoms with E-state index in [2.05, 4.69) is 19.3 Å². The number of thiazole rings is 1. The molecule has 1 aliphatic rings. The topological polar surface area (TPSA) is 24.9 Å². The Bertz CT molecular complexity index is 326. The third-order valence-corrected chi connectivity index (χ3v) is 5.47. The number of rotatable bonds is 6. The zero-order valence-corrected chi connectivity index (χ0v) is 12.4. The summed E-state index contributed by atoms with van der Waals surface area (Å²) in [6.45, 7) is 2.22. The van der Waals surface area contributed by atoms with Crippen LogP contribution in [0, 0.1) is 0 Å². The highest BCUT2D eigenvalue weighted by Crippen LogP contribution is 2.31. The highest BCUT2D eigenvalue weighted by Gasteiger charge is 2.19. The summed E-state index contributed by atoms with van der Waals surface area (Å²) in [4.78, 5) is 6.40. The first-order chi connectivity index (χ1) is 8.35. The van der Waals surface area contributed by atoms with E-state index in [9.17, 15) is 0 Å². The molecule has 1 aliphatic carbocycles. The minimum Gasteiger partial charge on any atom is -0.311 e. The molecule has 0 saturated heterocycles. The third kappa shape index (κ3) is 3.46. The maximum Gasteiger partial charge on any atom is 0.110 e. The Labute approximate surface area is 113 Å². The van der Waals surface area contributed by atoms with Crippen molar-refractivity contribution in [2.24, 2.45) is 0 Å². The molecule has 0 saturated carbocycles. The quantitative estimate of drug-likeness (QED) is 0.802. The second-order valence-electron chi connectivity index (χ2n) is 4.46. The van der Waals surface area contributed by atoms with Gasteiger partial charge in [0.15, 0.2) is 0 Å². The minimum atomic E-state index is 0.463. The fourth-order valence-electron chi connectivity index (χ4n) is 2.26. The van der Waals surface area contributed by atoms with Gasteiger partial charge in [0.1, 0.15) is 5.01 Å². The lowest BCUT2D eigenvalue weighted by Crippen LogP contribution is -2.17. The van der Waals surface area contributed by atoms with Crippen LogP contribution in [0.4, 0.5) is 0 Å². The monoisotopic (exact) mass is 270 g/mol. The predicted molar refractivity (Wildman–Crippen MR) is 78.2 cm³/mol. The van der Waals surface area contributed by atoms with Crippen LogP contribution in [0.25, 0.3) is 0 Å². The standard InChI is InChI=1S/C13H22N2S2/c1-3-16-9-8-11(14-2)13-15-10-6-4-5-7-12(10)17-13/h11,14H,3-9H2,1-2H3. The maximum absolute atomic E-state index is 4.85. The molecule has 0 amide bonds. The van der Waals surface area contributed by atoms with Crippen LogP contribution >= 0.6 is 23.1 Å².